The van der Waals surface area contributed by atoms with E-state index in [1.165, 1.54) is 5.56 Å². The standard InChI is InChI=1S/C25H30N4O2/c1-28(2)25(31)20-9-7-18(8-10-20)17-19-13-15-29(16-14-19)24(30)12-11-23-26-21-5-3-4-6-22(21)27-23/h3-10,19H,11-17H2,1-2H3,(H,26,27). The van der Waals surface area contributed by atoms with Gasteiger partial charge in [-0.2, -0.15) is 0 Å². The van der Waals surface area contributed by atoms with Gasteiger partial charge in [0.15, 0.2) is 0 Å². The van der Waals surface area contributed by atoms with Crippen LogP contribution in [0.1, 0.15) is 41.0 Å². The molecule has 1 saturated heterocycles. The Morgan fingerprint density at radius 1 is 1.06 bits per heavy atom. The van der Waals surface area contributed by atoms with Gasteiger partial charge < -0.3 is 14.8 Å². The van der Waals surface area contributed by atoms with Gasteiger partial charge >= 0.3 is 0 Å². The number of aromatic nitrogens is 2. The summed E-state index contributed by atoms with van der Waals surface area (Å²) in [5.41, 5.74) is 3.94. The second-order valence-electron chi connectivity index (χ2n) is 8.63. The first kappa shape index (κ1) is 21.1. The van der Waals surface area contributed by atoms with E-state index < -0.39 is 0 Å². The van der Waals surface area contributed by atoms with Gasteiger partial charge in [-0.1, -0.05) is 24.3 Å². The molecule has 1 N–H and O–H groups in total. The molecule has 0 spiro atoms. The largest absolute Gasteiger partial charge is 0.345 e. The maximum absolute atomic E-state index is 12.7. The van der Waals surface area contributed by atoms with Crippen LogP contribution in [0.4, 0.5) is 0 Å². The molecular weight excluding hydrogens is 388 g/mol. The SMILES string of the molecule is CN(C)C(=O)c1ccc(CC2CCN(C(=O)CCc3nc4ccccc4[nH]3)CC2)cc1. The molecule has 1 aliphatic heterocycles. The topological polar surface area (TPSA) is 69.3 Å². The van der Waals surface area contributed by atoms with E-state index in [0.717, 1.165) is 54.8 Å². The number of aromatic amines is 1. The zero-order chi connectivity index (χ0) is 21.8. The molecule has 2 amide bonds. The number of likely N-dealkylation sites (tertiary alicyclic amines) is 1. The Hall–Kier alpha value is -3.15. The summed E-state index contributed by atoms with van der Waals surface area (Å²) in [6.07, 6.45) is 4.18. The molecule has 1 aromatic heterocycles. The Morgan fingerprint density at radius 3 is 2.45 bits per heavy atom. The Morgan fingerprint density at radius 2 is 1.77 bits per heavy atom. The summed E-state index contributed by atoms with van der Waals surface area (Å²) >= 11 is 0. The molecule has 6 heteroatoms. The second kappa shape index (κ2) is 9.33. The van der Waals surface area contributed by atoms with Crippen molar-refractivity contribution in [2.75, 3.05) is 27.2 Å². The molecule has 0 unspecified atom stereocenters. The van der Waals surface area contributed by atoms with Crippen molar-refractivity contribution in [3.63, 3.8) is 0 Å². The predicted octanol–water partition coefficient (Wildman–Crippen LogP) is 3.68. The molecule has 4 rings (SSSR count). The fourth-order valence-electron chi connectivity index (χ4n) is 4.27. The number of nitrogens with zero attached hydrogens (tertiary/aromatic N) is 3. The van der Waals surface area contributed by atoms with E-state index in [2.05, 4.69) is 22.1 Å². The zero-order valence-electron chi connectivity index (χ0n) is 18.3. The number of aryl methyl sites for hydroxylation is 1. The van der Waals surface area contributed by atoms with Crippen LogP contribution in [0.25, 0.3) is 11.0 Å². The van der Waals surface area contributed by atoms with Crippen LogP contribution in [0.15, 0.2) is 48.5 Å². The predicted molar refractivity (Wildman–Crippen MR) is 122 cm³/mol. The normalized spacial score (nSPS) is 14.7. The first-order valence-corrected chi connectivity index (χ1v) is 11.0. The summed E-state index contributed by atoms with van der Waals surface area (Å²) in [4.78, 5) is 36.1. The van der Waals surface area contributed by atoms with Crippen LogP contribution >= 0.6 is 0 Å². The number of fused-ring (bicyclic) bond motifs is 1. The van der Waals surface area contributed by atoms with Crippen LogP contribution in [-0.2, 0) is 17.6 Å². The molecule has 1 aliphatic rings. The van der Waals surface area contributed by atoms with Crippen LogP contribution in [0, 0.1) is 5.92 Å². The lowest BCUT2D eigenvalue weighted by atomic mass is 9.89. The van der Waals surface area contributed by atoms with Crippen molar-refractivity contribution in [3.05, 3.63) is 65.5 Å². The number of hydrogen-bond donors (Lipinski definition) is 1. The lowest BCUT2D eigenvalue weighted by Gasteiger charge is -2.32. The van der Waals surface area contributed by atoms with E-state index in [0.29, 0.717) is 18.8 Å². The van der Waals surface area contributed by atoms with Crippen molar-refractivity contribution in [2.45, 2.75) is 32.1 Å². The van der Waals surface area contributed by atoms with Crippen LogP contribution in [0.5, 0.6) is 0 Å². The molecule has 31 heavy (non-hydrogen) atoms. The highest BCUT2D eigenvalue weighted by atomic mass is 16.2. The van der Waals surface area contributed by atoms with Crippen molar-refractivity contribution in [2.24, 2.45) is 5.92 Å². The van der Waals surface area contributed by atoms with Crippen molar-refractivity contribution in [3.8, 4) is 0 Å². The van der Waals surface area contributed by atoms with E-state index in [4.69, 9.17) is 0 Å². The van der Waals surface area contributed by atoms with Gasteiger partial charge in [0.05, 0.1) is 11.0 Å². The van der Waals surface area contributed by atoms with Gasteiger partial charge in [-0.15, -0.1) is 0 Å². The number of nitrogens with one attached hydrogen (secondary N) is 1. The fraction of sp³-hybridized carbons (Fsp3) is 0.400. The number of carbonyl (C=O) groups excluding carboxylic acids is 2. The molecule has 0 atom stereocenters. The lowest BCUT2D eigenvalue weighted by Crippen LogP contribution is -2.39. The van der Waals surface area contributed by atoms with E-state index >= 15 is 0 Å². The van der Waals surface area contributed by atoms with Gasteiger partial charge in [0, 0.05) is 45.6 Å². The first-order valence-electron chi connectivity index (χ1n) is 11.0. The summed E-state index contributed by atoms with van der Waals surface area (Å²) < 4.78 is 0. The second-order valence-corrected chi connectivity index (χ2v) is 8.63. The van der Waals surface area contributed by atoms with E-state index in [1.807, 2.05) is 41.3 Å². The molecule has 6 nitrogen and oxygen atoms in total. The summed E-state index contributed by atoms with van der Waals surface area (Å²) in [6.45, 7) is 1.64. The fourth-order valence-corrected chi connectivity index (χ4v) is 4.27. The Labute approximate surface area is 183 Å². The van der Waals surface area contributed by atoms with Crippen molar-refractivity contribution < 1.29 is 9.59 Å². The third kappa shape index (κ3) is 5.13. The minimum atomic E-state index is 0.0287. The third-order valence-electron chi connectivity index (χ3n) is 6.11. The molecule has 1 fully saturated rings. The number of hydrogen-bond acceptors (Lipinski definition) is 3. The van der Waals surface area contributed by atoms with Gasteiger partial charge in [0.25, 0.3) is 5.91 Å². The molecule has 0 bridgehead atoms. The number of H-pyrrole nitrogens is 1. The van der Waals surface area contributed by atoms with E-state index in [1.54, 1.807) is 19.0 Å². The molecule has 0 saturated carbocycles. The van der Waals surface area contributed by atoms with Crippen LogP contribution < -0.4 is 0 Å². The highest BCUT2D eigenvalue weighted by molar-refractivity contribution is 5.93. The number of piperidine rings is 1. The maximum atomic E-state index is 12.7. The highest BCUT2D eigenvalue weighted by Crippen LogP contribution is 2.23. The molecule has 0 radical (unpaired) electrons. The lowest BCUT2D eigenvalue weighted by molar-refractivity contribution is -0.132. The average Bonchev–Trinajstić information content (AvgIpc) is 3.21. The van der Waals surface area contributed by atoms with Gasteiger partial charge in [-0.05, 0) is 55.0 Å². The van der Waals surface area contributed by atoms with Gasteiger partial charge in [0.1, 0.15) is 5.82 Å². The Kier molecular flexibility index (Phi) is 6.35. The summed E-state index contributed by atoms with van der Waals surface area (Å²) in [5.74, 6) is 1.70. The van der Waals surface area contributed by atoms with Crippen molar-refractivity contribution >= 4 is 22.8 Å². The molecule has 2 aromatic carbocycles. The van der Waals surface area contributed by atoms with E-state index in [9.17, 15) is 9.59 Å². The van der Waals surface area contributed by atoms with Gasteiger partial charge in [-0.25, -0.2) is 4.98 Å². The summed E-state index contributed by atoms with van der Waals surface area (Å²) in [5, 5.41) is 0. The maximum Gasteiger partial charge on any atom is 0.253 e. The average molecular weight is 419 g/mol. The molecule has 162 valence electrons. The monoisotopic (exact) mass is 418 g/mol. The summed E-state index contributed by atoms with van der Waals surface area (Å²) in [7, 11) is 3.53. The van der Waals surface area contributed by atoms with Gasteiger partial charge in [-0.3, -0.25) is 9.59 Å². The van der Waals surface area contributed by atoms with Crippen LogP contribution in [0.2, 0.25) is 0 Å². The molecule has 0 aliphatic carbocycles. The smallest absolute Gasteiger partial charge is 0.253 e. The molecule has 3 aromatic rings. The minimum Gasteiger partial charge on any atom is -0.345 e. The number of carbonyl (C=O) groups is 2. The Bertz CT molecular complexity index is 1010. The third-order valence-corrected chi connectivity index (χ3v) is 6.11. The quantitative estimate of drug-likeness (QED) is 0.664. The highest BCUT2D eigenvalue weighted by Gasteiger charge is 2.23. The zero-order valence-corrected chi connectivity index (χ0v) is 18.3. The first-order chi connectivity index (χ1) is 15.0. The Balaban J connectivity index is 1.23. The van der Waals surface area contributed by atoms with E-state index in [-0.39, 0.29) is 11.8 Å². The number of imidazole rings is 1. The molecular formula is C25H30N4O2. The minimum absolute atomic E-state index is 0.0287. The van der Waals surface area contributed by atoms with Crippen molar-refractivity contribution in [1.29, 1.82) is 0 Å². The number of benzene rings is 2. The van der Waals surface area contributed by atoms with Gasteiger partial charge in [0.2, 0.25) is 5.91 Å². The van der Waals surface area contributed by atoms with Crippen LogP contribution in [-0.4, -0.2) is 58.8 Å². The number of amides is 2. The number of para-hydroxylation sites is 2. The summed E-state index contributed by atoms with van der Waals surface area (Å²) in [6, 6.07) is 15.9. The van der Waals surface area contributed by atoms with Crippen LogP contribution in [0.3, 0.4) is 0 Å². The van der Waals surface area contributed by atoms with Crippen molar-refractivity contribution in [1.82, 2.24) is 19.8 Å². The molecule has 2 heterocycles. The number of rotatable bonds is 6.